The number of fused-ring (bicyclic) bond motifs is 1. The summed E-state index contributed by atoms with van der Waals surface area (Å²) >= 11 is 0. The third kappa shape index (κ3) is 8.20. The number of nitrogens with zero attached hydrogens (tertiary/aromatic N) is 4. The molecule has 54 heavy (non-hydrogen) atoms. The van der Waals surface area contributed by atoms with Gasteiger partial charge in [-0.3, -0.25) is 9.59 Å². The van der Waals surface area contributed by atoms with Gasteiger partial charge in [-0.25, -0.2) is 19.6 Å². The van der Waals surface area contributed by atoms with Crippen LogP contribution in [0.2, 0.25) is 0 Å². The average Bonchev–Trinajstić information content (AvgIpc) is 4.00. The smallest absolute Gasteiger partial charge is 0.407 e. The third-order valence-electron chi connectivity index (χ3n) is 10.2. The Morgan fingerprint density at radius 3 is 1.96 bits per heavy atom. The molecule has 14 nitrogen and oxygen atoms in total. The largest absolute Gasteiger partial charge is 0.453 e. The summed E-state index contributed by atoms with van der Waals surface area (Å²) in [6.07, 6.45) is 5.49. The number of methoxy groups -OCH3 is 2. The number of rotatable bonds is 9. The number of carbonyl (C=O) groups excluding carboxylic acids is 4. The summed E-state index contributed by atoms with van der Waals surface area (Å²) in [4.78, 5) is 70.5. The van der Waals surface area contributed by atoms with Gasteiger partial charge in [0.2, 0.25) is 11.8 Å². The predicted molar refractivity (Wildman–Crippen MR) is 202 cm³/mol. The van der Waals surface area contributed by atoms with Gasteiger partial charge in [-0.15, -0.1) is 0 Å². The molecule has 2 aromatic heterocycles. The standard InChI is InChI=1S/C40H48N8O6/c1-23(2)33(45-39(51)53-5)37(49)47-17-7-9-31(47)35-41-21-29(43-35)16-12-25-11-13-27-20-28(15-14-26(27)19-25)30-22-42-36(44-30)32-10-8-18-48(32)38(50)34(24(3)4)46-40(52)54-6/h11,13-15,19-24,31-34H,7-10,17-18H2,1-6H3,(H,41,43)(H,42,44)(H,45,51)(H,46,52)/t31-,32-,33-,34-/m0/s1. The third-order valence-corrected chi connectivity index (χ3v) is 10.2. The molecule has 0 aliphatic carbocycles. The summed E-state index contributed by atoms with van der Waals surface area (Å²) in [5.41, 5.74) is 3.20. The van der Waals surface area contributed by atoms with Crippen molar-refractivity contribution in [2.45, 2.75) is 77.5 Å². The zero-order chi connectivity index (χ0) is 38.5. The first-order valence-electron chi connectivity index (χ1n) is 18.4. The first-order valence-corrected chi connectivity index (χ1v) is 18.4. The van der Waals surface area contributed by atoms with E-state index in [1.807, 2.05) is 64.2 Å². The molecular weight excluding hydrogens is 688 g/mol. The molecule has 0 bridgehead atoms. The Labute approximate surface area is 314 Å². The molecule has 2 aromatic carbocycles. The number of hydrogen-bond acceptors (Lipinski definition) is 8. The number of aromatic amines is 2. The zero-order valence-electron chi connectivity index (χ0n) is 31.6. The van der Waals surface area contributed by atoms with Crippen LogP contribution in [0.1, 0.15) is 88.4 Å². The molecule has 4 aromatic rings. The first-order chi connectivity index (χ1) is 26.0. The van der Waals surface area contributed by atoms with Crippen LogP contribution in [0.3, 0.4) is 0 Å². The maximum Gasteiger partial charge on any atom is 0.407 e. The summed E-state index contributed by atoms with van der Waals surface area (Å²) in [6.45, 7) is 8.73. The highest BCUT2D eigenvalue weighted by atomic mass is 16.5. The van der Waals surface area contributed by atoms with E-state index in [4.69, 9.17) is 14.5 Å². The lowest BCUT2D eigenvalue weighted by atomic mass is 10.0. The molecule has 2 aliphatic rings. The van der Waals surface area contributed by atoms with E-state index in [1.165, 1.54) is 14.2 Å². The van der Waals surface area contributed by atoms with Crippen molar-refractivity contribution >= 4 is 34.8 Å². The molecule has 0 saturated carbocycles. The monoisotopic (exact) mass is 736 g/mol. The van der Waals surface area contributed by atoms with Crippen LogP contribution in [0.15, 0.2) is 48.8 Å². The van der Waals surface area contributed by atoms with Crippen LogP contribution in [-0.2, 0) is 19.1 Å². The van der Waals surface area contributed by atoms with Crippen molar-refractivity contribution in [3.63, 3.8) is 0 Å². The number of hydrogen-bond donors (Lipinski definition) is 4. The number of carbonyl (C=O) groups is 4. The van der Waals surface area contributed by atoms with E-state index in [9.17, 15) is 19.2 Å². The Balaban J connectivity index is 1.13. The molecule has 2 saturated heterocycles. The highest BCUT2D eigenvalue weighted by Crippen LogP contribution is 2.34. The van der Waals surface area contributed by atoms with Crippen LogP contribution in [-0.4, -0.2) is 93.1 Å². The highest BCUT2D eigenvalue weighted by Gasteiger charge is 2.39. The van der Waals surface area contributed by atoms with Gasteiger partial charge in [0.1, 0.15) is 29.4 Å². The lowest BCUT2D eigenvalue weighted by molar-refractivity contribution is -0.136. The number of amides is 4. The van der Waals surface area contributed by atoms with Gasteiger partial charge in [-0.05, 0) is 72.4 Å². The van der Waals surface area contributed by atoms with Crippen molar-refractivity contribution in [2.24, 2.45) is 11.8 Å². The normalized spacial score (nSPS) is 18.0. The maximum atomic E-state index is 13.5. The Bertz CT molecular complexity index is 2080. The van der Waals surface area contributed by atoms with Crippen LogP contribution in [0.4, 0.5) is 9.59 Å². The number of likely N-dealkylation sites (tertiary alicyclic amines) is 2. The molecule has 0 spiro atoms. The molecule has 284 valence electrons. The van der Waals surface area contributed by atoms with Gasteiger partial charge in [0.05, 0.1) is 38.2 Å². The van der Waals surface area contributed by atoms with Crippen molar-refractivity contribution in [1.29, 1.82) is 0 Å². The number of nitrogens with one attached hydrogen (secondary N) is 4. The second kappa shape index (κ2) is 16.4. The molecule has 4 atom stereocenters. The number of benzene rings is 2. The second-order valence-electron chi connectivity index (χ2n) is 14.5. The minimum absolute atomic E-state index is 0.109. The van der Waals surface area contributed by atoms with Crippen molar-refractivity contribution in [3.8, 4) is 23.1 Å². The van der Waals surface area contributed by atoms with Gasteiger partial charge in [-0.1, -0.05) is 51.8 Å². The molecular formula is C40H48N8O6. The van der Waals surface area contributed by atoms with Crippen LogP contribution >= 0.6 is 0 Å². The summed E-state index contributed by atoms with van der Waals surface area (Å²) in [5.74, 6) is 7.26. The van der Waals surface area contributed by atoms with Gasteiger partial charge < -0.3 is 39.9 Å². The van der Waals surface area contributed by atoms with Crippen LogP contribution in [0.25, 0.3) is 22.0 Å². The minimum atomic E-state index is -0.699. The van der Waals surface area contributed by atoms with Crippen molar-refractivity contribution in [2.75, 3.05) is 27.3 Å². The summed E-state index contributed by atoms with van der Waals surface area (Å²) in [7, 11) is 2.57. The number of imidazole rings is 2. The quantitative estimate of drug-likeness (QED) is 0.164. The van der Waals surface area contributed by atoms with Crippen molar-refractivity contribution < 1.29 is 28.7 Å². The van der Waals surface area contributed by atoms with E-state index >= 15 is 0 Å². The summed E-state index contributed by atoms with van der Waals surface area (Å²) in [5, 5.41) is 7.42. The Kier molecular flexibility index (Phi) is 11.5. The lowest BCUT2D eigenvalue weighted by Gasteiger charge is -2.29. The Hall–Kier alpha value is -5.84. The van der Waals surface area contributed by atoms with E-state index < -0.39 is 24.3 Å². The molecule has 2 aliphatic heterocycles. The topological polar surface area (TPSA) is 175 Å². The molecule has 0 radical (unpaired) electrons. The summed E-state index contributed by atoms with van der Waals surface area (Å²) in [6, 6.07) is 10.3. The van der Waals surface area contributed by atoms with Crippen molar-refractivity contribution in [3.05, 3.63) is 71.7 Å². The van der Waals surface area contributed by atoms with Gasteiger partial charge in [0.25, 0.3) is 0 Å². The molecule has 0 unspecified atom stereocenters. The fraction of sp³-hybridized carbons (Fsp3) is 0.450. The first kappa shape index (κ1) is 37.9. The van der Waals surface area contributed by atoms with Gasteiger partial charge in [-0.2, -0.15) is 0 Å². The predicted octanol–water partition coefficient (Wildman–Crippen LogP) is 5.44. The number of aromatic nitrogens is 4. The molecule has 4 amide bonds. The van der Waals surface area contributed by atoms with Crippen LogP contribution in [0.5, 0.6) is 0 Å². The van der Waals surface area contributed by atoms with E-state index in [2.05, 4.69) is 43.5 Å². The van der Waals surface area contributed by atoms with Crippen molar-refractivity contribution in [1.82, 2.24) is 40.4 Å². The second-order valence-corrected chi connectivity index (χ2v) is 14.5. The lowest BCUT2D eigenvalue weighted by Crippen LogP contribution is -2.51. The van der Waals surface area contributed by atoms with Crippen LogP contribution < -0.4 is 10.6 Å². The zero-order valence-corrected chi connectivity index (χ0v) is 31.6. The molecule has 6 rings (SSSR count). The minimum Gasteiger partial charge on any atom is -0.453 e. The van der Waals surface area contributed by atoms with E-state index in [0.29, 0.717) is 30.4 Å². The maximum absolute atomic E-state index is 13.5. The van der Waals surface area contributed by atoms with E-state index in [-0.39, 0.29) is 35.7 Å². The molecule has 2 fully saturated rings. The molecule has 4 N–H and O–H groups in total. The van der Waals surface area contributed by atoms with E-state index in [1.54, 1.807) is 16.0 Å². The Morgan fingerprint density at radius 2 is 1.37 bits per heavy atom. The van der Waals surface area contributed by atoms with Crippen LogP contribution in [0, 0.1) is 23.7 Å². The number of alkyl carbamates (subject to hydrolysis) is 2. The van der Waals surface area contributed by atoms with Gasteiger partial charge in [0.15, 0.2) is 0 Å². The number of H-pyrrole nitrogens is 2. The highest BCUT2D eigenvalue weighted by molar-refractivity contribution is 5.89. The fourth-order valence-corrected chi connectivity index (χ4v) is 7.23. The summed E-state index contributed by atoms with van der Waals surface area (Å²) < 4.78 is 9.49. The van der Waals surface area contributed by atoms with Gasteiger partial charge in [0, 0.05) is 30.4 Å². The van der Waals surface area contributed by atoms with E-state index in [0.717, 1.165) is 53.3 Å². The Morgan fingerprint density at radius 1 is 0.796 bits per heavy atom. The molecule has 14 heteroatoms. The van der Waals surface area contributed by atoms with Gasteiger partial charge >= 0.3 is 12.2 Å². The average molecular weight is 737 g/mol. The fourth-order valence-electron chi connectivity index (χ4n) is 7.23. The number of ether oxygens (including phenoxy) is 2. The molecule has 4 heterocycles. The SMILES string of the molecule is COC(=O)N[C@H](C(=O)N1CCC[C@H]1c1nc(-c2ccc3cc(C#Cc4cnc([C@@H]5CCCN5C(=O)[C@@H](NC(=O)OC)C(C)C)[nH]4)ccc3c2)c[nH]1)C(C)C.